The first-order chi connectivity index (χ1) is 7.43. The van der Waals surface area contributed by atoms with Crippen LogP contribution in [0.2, 0.25) is 0 Å². The summed E-state index contributed by atoms with van der Waals surface area (Å²) in [5.41, 5.74) is 10.5. The number of guanidine groups is 1. The molecule has 0 aromatic rings. The van der Waals surface area contributed by atoms with Gasteiger partial charge in [-0.2, -0.15) is 0 Å². The first-order valence-corrected chi connectivity index (χ1v) is 5.91. The molecular weight excluding hydrogens is 236 g/mol. The molecule has 8 nitrogen and oxygen atoms in total. The van der Waals surface area contributed by atoms with Gasteiger partial charge < -0.3 is 21.5 Å². The average Bonchev–Trinajstić information content (AvgIpc) is 2.20. The van der Waals surface area contributed by atoms with Crippen LogP contribution in [0.25, 0.3) is 0 Å². The molecule has 0 aromatic carbocycles. The van der Waals surface area contributed by atoms with E-state index in [9.17, 15) is 13.2 Å². The number of carbonyl (C=O) groups excluding carboxylic acids is 1. The van der Waals surface area contributed by atoms with Gasteiger partial charge in [-0.3, -0.25) is 10.2 Å². The lowest BCUT2D eigenvalue weighted by molar-refractivity contribution is -0.143. The van der Waals surface area contributed by atoms with Gasteiger partial charge in [0, 0.05) is 6.54 Å². The van der Waals surface area contributed by atoms with E-state index in [0.29, 0.717) is 19.4 Å². The van der Waals surface area contributed by atoms with Gasteiger partial charge in [0.1, 0.15) is 6.04 Å². The Bertz CT molecular complexity index is 310. The van der Waals surface area contributed by atoms with E-state index in [4.69, 9.17) is 16.9 Å². The molecule has 0 aromatic heterocycles. The van der Waals surface area contributed by atoms with E-state index >= 15 is 0 Å². The van der Waals surface area contributed by atoms with Gasteiger partial charge in [0.2, 0.25) is 0 Å². The number of hydrogen-bond donors (Lipinski definition) is 5. The Kier molecular flexibility index (Phi) is 7.21. The van der Waals surface area contributed by atoms with E-state index in [1.54, 1.807) is 0 Å². The van der Waals surface area contributed by atoms with Crippen molar-refractivity contribution in [2.45, 2.75) is 18.9 Å². The van der Waals surface area contributed by atoms with Crippen LogP contribution in [-0.2, 0) is 20.2 Å². The first kappa shape index (κ1) is 14.6. The van der Waals surface area contributed by atoms with Crippen LogP contribution in [0.3, 0.4) is 0 Å². The van der Waals surface area contributed by atoms with Crippen molar-refractivity contribution in [2.24, 2.45) is 11.5 Å². The number of carbonyl (C=O) groups is 1. The highest BCUT2D eigenvalue weighted by Crippen LogP contribution is 1.96. The predicted molar refractivity (Wildman–Crippen MR) is 58.4 cm³/mol. The first-order valence-electron chi connectivity index (χ1n) is 4.55. The number of esters is 1. The number of rotatable bonds is 7. The van der Waals surface area contributed by atoms with E-state index in [1.165, 1.54) is 0 Å². The third-order valence-corrected chi connectivity index (χ3v) is 1.96. The molecule has 0 saturated heterocycles. The second-order valence-electron chi connectivity index (χ2n) is 3.01. The number of nitrogens with one attached hydrogen (secondary N) is 2. The molecule has 0 radical (unpaired) electrons. The third kappa shape index (κ3) is 8.00. The monoisotopic (exact) mass is 252 g/mol. The summed E-state index contributed by atoms with van der Waals surface area (Å²) in [7, 11) is -2.74. The van der Waals surface area contributed by atoms with Gasteiger partial charge in [0.05, 0.1) is 0 Å². The summed E-state index contributed by atoms with van der Waals surface area (Å²) in [4.78, 5) is 11.1. The number of nitrogens with two attached hydrogens (primary N) is 2. The van der Waals surface area contributed by atoms with Gasteiger partial charge in [-0.05, 0) is 12.8 Å². The van der Waals surface area contributed by atoms with Crippen LogP contribution in [0.1, 0.15) is 12.8 Å². The lowest BCUT2D eigenvalue weighted by Gasteiger charge is -2.10. The Balaban J connectivity index is 3.66. The summed E-state index contributed by atoms with van der Waals surface area (Å²) in [6.45, 7) is 0.423. The summed E-state index contributed by atoms with van der Waals surface area (Å²) in [5.74, 6) is -1.55. The fourth-order valence-electron chi connectivity index (χ4n) is 0.886. The SMILES string of the molecule is N=C(N)NCCC[C@H](N)C(=O)OC[SH](=O)=O. The molecule has 6 N–H and O–H groups in total. The summed E-state index contributed by atoms with van der Waals surface area (Å²) < 4.78 is 24.7. The quantitative estimate of drug-likeness (QED) is 0.112. The minimum atomic E-state index is -2.74. The summed E-state index contributed by atoms with van der Waals surface area (Å²) in [6, 6.07) is -0.858. The standard InChI is InChI=1S/C7H16N4O4S/c8-5(2-1-3-11-7(9)10)6(12)15-4-16(13)14/h5,16H,1-4,8H2,(H4,9,10,11)/t5-/m0/s1. The maximum absolute atomic E-state index is 11.1. The van der Waals surface area contributed by atoms with Crippen LogP contribution in [-0.4, -0.2) is 38.9 Å². The zero-order chi connectivity index (χ0) is 12.6. The van der Waals surface area contributed by atoms with Crippen molar-refractivity contribution in [3.8, 4) is 0 Å². The molecule has 94 valence electrons. The second kappa shape index (κ2) is 7.88. The maximum atomic E-state index is 11.1. The lowest BCUT2D eigenvalue weighted by Crippen LogP contribution is -2.35. The second-order valence-corrected chi connectivity index (χ2v) is 3.94. The third-order valence-electron chi connectivity index (χ3n) is 1.62. The highest BCUT2D eigenvalue weighted by atomic mass is 32.2. The van der Waals surface area contributed by atoms with E-state index in [2.05, 4.69) is 10.1 Å². The molecule has 0 aliphatic heterocycles. The molecule has 9 heteroatoms. The van der Waals surface area contributed by atoms with Gasteiger partial charge in [0.25, 0.3) is 0 Å². The highest BCUT2D eigenvalue weighted by molar-refractivity contribution is 7.72. The van der Waals surface area contributed by atoms with E-state index < -0.39 is 28.7 Å². The van der Waals surface area contributed by atoms with Crippen molar-refractivity contribution in [1.82, 2.24) is 5.32 Å². The molecule has 1 atom stereocenters. The molecule has 0 unspecified atom stereocenters. The van der Waals surface area contributed by atoms with Crippen LogP contribution in [0.5, 0.6) is 0 Å². The van der Waals surface area contributed by atoms with Crippen LogP contribution in [0, 0.1) is 5.41 Å². The van der Waals surface area contributed by atoms with Crippen LogP contribution in [0.15, 0.2) is 0 Å². The molecular formula is C7H16N4O4S. The Hall–Kier alpha value is -1.35. The number of ether oxygens (including phenoxy) is 1. The summed E-state index contributed by atoms with van der Waals surface area (Å²) >= 11 is 0. The van der Waals surface area contributed by atoms with Crippen molar-refractivity contribution in [3.63, 3.8) is 0 Å². The minimum Gasteiger partial charge on any atom is -0.448 e. The van der Waals surface area contributed by atoms with Crippen molar-refractivity contribution in [3.05, 3.63) is 0 Å². The molecule has 0 aliphatic carbocycles. The normalized spacial score (nSPS) is 12.1. The molecule has 16 heavy (non-hydrogen) atoms. The van der Waals surface area contributed by atoms with Crippen molar-refractivity contribution >= 4 is 22.6 Å². The highest BCUT2D eigenvalue weighted by Gasteiger charge is 2.14. The molecule has 0 heterocycles. The van der Waals surface area contributed by atoms with Crippen LogP contribution < -0.4 is 16.8 Å². The Morgan fingerprint density at radius 3 is 2.62 bits per heavy atom. The Labute approximate surface area is 94.8 Å². The zero-order valence-electron chi connectivity index (χ0n) is 8.64. The van der Waals surface area contributed by atoms with E-state index in [0.717, 1.165) is 0 Å². The average molecular weight is 252 g/mol. The van der Waals surface area contributed by atoms with Gasteiger partial charge in [0.15, 0.2) is 22.6 Å². The van der Waals surface area contributed by atoms with Crippen molar-refractivity contribution in [1.29, 1.82) is 5.41 Å². The van der Waals surface area contributed by atoms with Crippen LogP contribution in [0.4, 0.5) is 0 Å². The predicted octanol–water partition coefficient (Wildman–Crippen LogP) is -2.31. The molecule has 0 amide bonds. The largest absolute Gasteiger partial charge is 0.448 e. The topological polar surface area (TPSA) is 148 Å². The van der Waals surface area contributed by atoms with Gasteiger partial charge in [-0.1, -0.05) is 0 Å². The Morgan fingerprint density at radius 1 is 1.50 bits per heavy atom. The van der Waals surface area contributed by atoms with E-state index in [1.807, 2.05) is 0 Å². The summed E-state index contributed by atoms with van der Waals surface area (Å²) in [5, 5.41) is 9.40. The fourth-order valence-corrected chi connectivity index (χ4v) is 1.12. The van der Waals surface area contributed by atoms with Gasteiger partial charge in [-0.15, -0.1) is 0 Å². The molecule has 0 fully saturated rings. The zero-order valence-corrected chi connectivity index (χ0v) is 9.54. The number of hydrogen-bond acceptors (Lipinski definition) is 6. The smallest absolute Gasteiger partial charge is 0.323 e. The fraction of sp³-hybridized carbons (Fsp3) is 0.714. The Morgan fingerprint density at radius 2 is 2.12 bits per heavy atom. The number of thiol groups is 1. The molecule has 0 rings (SSSR count). The lowest BCUT2D eigenvalue weighted by atomic mass is 10.2. The molecule has 0 spiro atoms. The molecule has 0 saturated carbocycles. The summed E-state index contributed by atoms with van der Waals surface area (Å²) in [6.07, 6.45) is 0.855. The van der Waals surface area contributed by atoms with Crippen molar-refractivity contribution in [2.75, 3.05) is 12.5 Å². The van der Waals surface area contributed by atoms with Crippen molar-refractivity contribution < 1.29 is 17.9 Å². The maximum Gasteiger partial charge on any atom is 0.323 e. The van der Waals surface area contributed by atoms with Gasteiger partial charge >= 0.3 is 5.97 Å². The molecule has 0 aliphatic rings. The minimum absolute atomic E-state index is 0.153. The molecule has 0 bridgehead atoms. The van der Waals surface area contributed by atoms with Crippen LogP contribution >= 0.6 is 0 Å². The van der Waals surface area contributed by atoms with E-state index in [-0.39, 0.29) is 5.96 Å². The van der Waals surface area contributed by atoms with Gasteiger partial charge in [-0.25, -0.2) is 8.42 Å².